The SMILES string of the molecule is C=CCOC(=O)C1C(C)=NC2=C(C(=O)CC(C)(C)C2)[C@H]1c1ccc(C(=O)OC)cc1. The Morgan fingerprint density at radius 1 is 1.23 bits per heavy atom. The van der Waals surface area contributed by atoms with Crippen LogP contribution in [0.15, 0.2) is 53.2 Å². The van der Waals surface area contributed by atoms with E-state index >= 15 is 0 Å². The van der Waals surface area contributed by atoms with E-state index in [1.165, 1.54) is 13.2 Å². The number of allylic oxidation sites excluding steroid dienone is 2. The lowest BCUT2D eigenvalue weighted by molar-refractivity contribution is -0.145. The van der Waals surface area contributed by atoms with Gasteiger partial charge in [0.15, 0.2) is 5.78 Å². The second-order valence-electron chi connectivity index (χ2n) is 8.54. The van der Waals surface area contributed by atoms with E-state index in [-0.39, 0.29) is 17.8 Å². The molecule has 0 amide bonds. The van der Waals surface area contributed by atoms with Gasteiger partial charge in [-0.15, -0.1) is 0 Å². The van der Waals surface area contributed by atoms with Gasteiger partial charge in [-0.05, 0) is 36.5 Å². The molecule has 0 bridgehead atoms. The molecule has 0 radical (unpaired) electrons. The Bertz CT molecular complexity index is 952. The van der Waals surface area contributed by atoms with E-state index in [1.54, 1.807) is 31.2 Å². The van der Waals surface area contributed by atoms with Gasteiger partial charge in [0, 0.05) is 29.3 Å². The Morgan fingerprint density at radius 3 is 2.50 bits per heavy atom. The predicted octanol–water partition coefficient (Wildman–Crippen LogP) is 4.02. The average Bonchev–Trinajstić information content (AvgIpc) is 2.69. The maximum absolute atomic E-state index is 13.2. The van der Waals surface area contributed by atoms with Gasteiger partial charge in [-0.3, -0.25) is 14.6 Å². The quantitative estimate of drug-likeness (QED) is 0.542. The molecule has 158 valence electrons. The zero-order valence-corrected chi connectivity index (χ0v) is 17.9. The minimum absolute atomic E-state index is 0.000986. The highest BCUT2D eigenvalue weighted by Gasteiger charge is 2.46. The van der Waals surface area contributed by atoms with Crippen molar-refractivity contribution in [1.29, 1.82) is 0 Å². The first-order valence-electron chi connectivity index (χ1n) is 9.95. The van der Waals surface area contributed by atoms with Crippen LogP contribution >= 0.6 is 0 Å². The summed E-state index contributed by atoms with van der Waals surface area (Å²) in [7, 11) is 1.32. The van der Waals surface area contributed by atoms with Crippen molar-refractivity contribution < 1.29 is 23.9 Å². The van der Waals surface area contributed by atoms with Gasteiger partial charge in [0.2, 0.25) is 0 Å². The second kappa shape index (κ2) is 8.38. The Morgan fingerprint density at radius 2 is 1.90 bits per heavy atom. The first kappa shape index (κ1) is 21.7. The van der Waals surface area contributed by atoms with Gasteiger partial charge in [0.1, 0.15) is 12.5 Å². The van der Waals surface area contributed by atoms with Crippen molar-refractivity contribution in [3.8, 4) is 0 Å². The monoisotopic (exact) mass is 409 g/mol. The molecule has 1 aromatic rings. The number of hydrogen-bond donors (Lipinski definition) is 0. The van der Waals surface area contributed by atoms with Gasteiger partial charge in [-0.25, -0.2) is 4.79 Å². The highest BCUT2D eigenvalue weighted by Crippen LogP contribution is 2.47. The van der Waals surface area contributed by atoms with Crippen LogP contribution in [0.5, 0.6) is 0 Å². The number of carbonyl (C=O) groups excluding carboxylic acids is 3. The van der Waals surface area contributed by atoms with E-state index in [0.29, 0.717) is 29.7 Å². The largest absolute Gasteiger partial charge is 0.465 e. The molecule has 30 heavy (non-hydrogen) atoms. The number of esters is 2. The molecule has 1 aliphatic heterocycles. The molecule has 0 aromatic heterocycles. The van der Waals surface area contributed by atoms with Crippen LogP contribution in [0.2, 0.25) is 0 Å². The zero-order chi connectivity index (χ0) is 22.1. The summed E-state index contributed by atoms with van der Waals surface area (Å²) in [5, 5.41) is 0. The maximum atomic E-state index is 13.2. The van der Waals surface area contributed by atoms with Crippen LogP contribution in [0.4, 0.5) is 0 Å². The number of carbonyl (C=O) groups is 3. The Balaban J connectivity index is 2.11. The highest BCUT2D eigenvalue weighted by molar-refractivity contribution is 6.09. The average molecular weight is 409 g/mol. The van der Waals surface area contributed by atoms with Crippen molar-refractivity contribution in [3.63, 3.8) is 0 Å². The van der Waals surface area contributed by atoms with E-state index in [4.69, 9.17) is 9.47 Å². The van der Waals surface area contributed by atoms with Crippen LogP contribution < -0.4 is 0 Å². The van der Waals surface area contributed by atoms with Crippen LogP contribution in [0.3, 0.4) is 0 Å². The lowest BCUT2D eigenvalue weighted by atomic mass is 9.67. The molecular formula is C24H27NO5. The van der Waals surface area contributed by atoms with Crippen LogP contribution in [-0.2, 0) is 19.1 Å². The third-order valence-corrected chi connectivity index (χ3v) is 5.59. The van der Waals surface area contributed by atoms with Gasteiger partial charge in [0.05, 0.1) is 12.7 Å². The number of ether oxygens (including phenoxy) is 2. The number of aliphatic imine (C=N–C) groups is 1. The van der Waals surface area contributed by atoms with Crippen LogP contribution in [0, 0.1) is 11.3 Å². The van der Waals surface area contributed by atoms with Gasteiger partial charge in [-0.1, -0.05) is 38.6 Å². The van der Waals surface area contributed by atoms with Crippen LogP contribution in [0.1, 0.15) is 55.5 Å². The molecule has 6 heteroatoms. The van der Waals surface area contributed by atoms with E-state index < -0.39 is 23.8 Å². The summed E-state index contributed by atoms with van der Waals surface area (Å²) in [4.78, 5) is 42.6. The van der Waals surface area contributed by atoms with Gasteiger partial charge in [-0.2, -0.15) is 0 Å². The molecular weight excluding hydrogens is 382 g/mol. The molecule has 2 atom stereocenters. The lowest BCUT2D eigenvalue weighted by Gasteiger charge is -2.39. The number of Topliss-reactive ketones (excluding diaryl/α,β-unsaturated/α-hetero) is 1. The molecule has 0 fully saturated rings. The summed E-state index contributed by atoms with van der Waals surface area (Å²) in [6.07, 6.45) is 2.56. The third-order valence-electron chi connectivity index (χ3n) is 5.59. The molecule has 0 spiro atoms. The number of rotatable bonds is 5. The molecule has 1 aliphatic carbocycles. The van der Waals surface area contributed by atoms with Crippen molar-refractivity contribution in [2.45, 2.75) is 39.5 Å². The topological polar surface area (TPSA) is 82.0 Å². The van der Waals surface area contributed by atoms with Crippen molar-refractivity contribution in [2.24, 2.45) is 16.3 Å². The fourth-order valence-corrected chi connectivity index (χ4v) is 4.29. The van der Waals surface area contributed by atoms with Crippen molar-refractivity contribution in [3.05, 3.63) is 59.3 Å². The Kier molecular flexibility index (Phi) is 6.06. The highest BCUT2D eigenvalue weighted by atomic mass is 16.5. The number of methoxy groups -OCH3 is 1. The molecule has 2 aliphatic rings. The first-order valence-corrected chi connectivity index (χ1v) is 9.95. The van der Waals surface area contributed by atoms with E-state index in [0.717, 1.165) is 11.3 Å². The van der Waals surface area contributed by atoms with Crippen LogP contribution in [-0.4, -0.2) is 37.2 Å². The van der Waals surface area contributed by atoms with E-state index in [1.807, 2.05) is 13.8 Å². The fraction of sp³-hybridized carbons (Fsp3) is 0.417. The molecule has 0 saturated carbocycles. The molecule has 0 N–H and O–H groups in total. The molecule has 6 nitrogen and oxygen atoms in total. The maximum Gasteiger partial charge on any atom is 0.337 e. The smallest absolute Gasteiger partial charge is 0.337 e. The molecule has 0 saturated heterocycles. The summed E-state index contributed by atoms with van der Waals surface area (Å²) in [6, 6.07) is 6.82. The van der Waals surface area contributed by atoms with E-state index in [9.17, 15) is 14.4 Å². The van der Waals surface area contributed by atoms with Crippen molar-refractivity contribution >= 4 is 23.4 Å². The molecule has 1 aromatic carbocycles. The number of hydrogen-bond acceptors (Lipinski definition) is 6. The van der Waals surface area contributed by atoms with Gasteiger partial charge >= 0.3 is 11.9 Å². The van der Waals surface area contributed by atoms with Gasteiger partial charge < -0.3 is 9.47 Å². The zero-order valence-electron chi connectivity index (χ0n) is 17.9. The Labute approximate surface area is 176 Å². The summed E-state index contributed by atoms with van der Waals surface area (Å²) < 4.78 is 10.1. The van der Waals surface area contributed by atoms with Crippen LogP contribution in [0.25, 0.3) is 0 Å². The number of benzene rings is 1. The van der Waals surface area contributed by atoms with E-state index in [2.05, 4.69) is 11.6 Å². The first-order chi connectivity index (χ1) is 14.2. The summed E-state index contributed by atoms with van der Waals surface area (Å²) in [6.45, 7) is 9.56. The fourth-order valence-electron chi connectivity index (χ4n) is 4.29. The summed E-state index contributed by atoms with van der Waals surface area (Å²) in [5.41, 5.74) is 2.91. The minimum atomic E-state index is -0.710. The normalized spacial score (nSPS) is 22.7. The molecule has 3 rings (SSSR count). The van der Waals surface area contributed by atoms with Crippen molar-refractivity contribution in [1.82, 2.24) is 0 Å². The van der Waals surface area contributed by atoms with Crippen molar-refractivity contribution in [2.75, 3.05) is 13.7 Å². The Hall–Kier alpha value is -3.02. The summed E-state index contributed by atoms with van der Waals surface area (Å²) >= 11 is 0. The third kappa shape index (κ3) is 4.13. The molecule has 1 unspecified atom stereocenters. The lowest BCUT2D eigenvalue weighted by Crippen LogP contribution is -2.39. The minimum Gasteiger partial charge on any atom is -0.465 e. The van der Waals surface area contributed by atoms with Gasteiger partial charge in [0.25, 0.3) is 0 Å². The second-order valence-corrected chi connectivity index (χ2v) is 8.54. The standard InChI is InChI=1S/C24H27NO5/c1-6-11-30-23(28)19-14(2)25-17-12-24(3,4)13-18(26)21(17)20(19)15-7-9-16(10-8-15)22(27)29-5/h6-10,19-20H,1,11-13H2,2-5H3/t19?,20-/m0/s1. The predicted molar refractivity (Wildman–Crippen MR) is 113 cm³/mol. The summed E-state index contributed by atoms with van der Waals surface area (Å²) in [5.74, 6) is -2.10. The molecule has 1 heterocycles. The number of nitrogens with zero attached hydrogens (tertiary/aromatic N) is 1. The number of ketones is 1.